The van der Waals surface area contributed by atoms with Crippen molar-refractivity contribution in [3.63, 3.8) is 0 Å². The number of benzene rings is 1. The van der Waals surface area contributed by atoms with Crippen LogP contribution in [0.15, 0.2) is 24.3 Å². The maximum atomic E-state index is 14.2. The van der Waals surface area contributed by atoms with Crippen LogP contribution in [0, 0.1) is 30.6 Å². The summed E-state index contributed by atoms with van der Waals surface area (Å²) < 4.78 is 11.9. The van der Waals surface area contributed by atoms with Crippen molar-refractivity contribution in [3.8, 4) is 0 Å². The average molecular weight is 760 g/mol. The lowest BCUT2D eigenvalue weighted by Crippen LogP contribution is -2.59. The Bertz CT molecular complexity index is 1380. The Kier molecular flexibility index (Phi) is 18.6. The maximum Gasteiger partial charge on any atom is 0.326 e. The van der Waals surface area contributed by atoms with E-state index in [9.17, 15) is 29.1 Å². The highest BCUT2D eigenvalue weighted by atomic mass is 16.5. The van der Waals surface area contributed by atoms with Crippen LogP contribution in [-0.4, -0.2) is 134 Å². The van der Waals surface area contributed by atoms with Crippen molar-refractivity contribution in [2.24, 2.45) is 23.7 Å². The summed E-state index contributed by atoms with van der Waals surface area (Å²) in [5, 5.41) is 15.6. The van der Waals surface area contributed by atoms with E-state index in [1.807, 2.05) is 91.7 Å². The number of hydrogen-bond donors (Lipinski definition) is 3. The van der Waals surface area contributed by atoms with E-state index in [0.29, 0.717) is 19.4 Å². The third-order valence-electron chi connectivity index (χ3n) is 11.1. The van der Waals surface area contributed by atoms with Crippen molar-refractivity contribution in [2.45, 2.75) is 130 Å². The molecule has 2 rings (SSSR count). The number of ether oxygens (including phenoxy) is 2. The number of carbonyl (C=O) groups excluding carboxylic acids is 4. The molecule has 0 aliphatic carbocycles. The number of nitrogens with zero attached hydrogens (tertiary/aromatic N) is 3. The highest BCUT2D eigenvalue weighted by Gasteiger charge is 2.43. The van der Waals surface area contributed by atoms with Crippen LogP contribution in [0.3, 0.4) is 0 Å². The highest BCUT2D eigenvalue weighted by Crippen LogP contribution is 2.30. The van der Waals surface area contributed by atoms with Crippen molar-refractivity contribution in [2.75, 3.05) is 41.9 Å². The van der Waals surface area contributed by atoms with Gasteiger partial charge in [-0.1, -0.05) is 84.7 Å². The lowest BCUT2D eigenvalue weighted by atomic mass is 9.89. The van der Waals surface area contributed by atoms with Gasteiger partial charge in [0.05, 0.1) is 42.7 Å². The van der Waals surface area contributed by atoms with E-state index >= 15 is 0 Å². The summed E-state index contributed by atoms with van der Waals surface area (Å²) in [5.41, 5.74) is 1.84. The molecule has 2 unspecified atom stereocenters. The lowest BCUT2D eigenvalue weighted by Gasteiger charge is -2.41. The molecule has 0 saturated carbocycles. The molecule has 3 N–H and O–H groups in total. The molecule has 13 nitrogen and oxygen atoms in total. The quantitative estimate of drug-likeness (QED) is 0.170. The smallest absolute Gasteiger partial charge is 0.326 e. The normalized spacial score (nSPS) is 19.1. The Morgan fingerprint density at radius 1 is 0.907 bits per heavy atom. The van der Waals surface area contributed by atoms with Gasteiger partial charge in [0, 0.05) is 34.2 Å². The SMILES string of the molecule is CCC(C)[C@@H](C(CC(=O)N1CCC[C@H]1[C@H](OC)[C@@H](C)C(=O)N[C@@H](Cc1ccc(C)cc1)C(=O)O)OC)N(C)C(=O)[C@@H](NC(=O)[C@H](C(C)C)N(C)C)C(C)C. The minimum absolute atomic E-state index is 0.0109. The van der Waals surface area contributed by atoms with Crippen LogP contribution in [0.25, 0.3) is 0 Å². The zero-order chi connectivity index (χ0) is 41.0. The summed E-state index contributed by atoms with van der Waals surface area (Å²) in [5.74, 6) is -3.21. The van der Waals surface area contributed by atoms with E-state index < -0.39 is 60.2 Å². The van der Waals surface area contributed by atoms with Crippen LogP contribution in [0.1, 0.15) is 85.3 Å². The second kappa shape index (κ2) is 21.5. The molecule has 9 atom stereocenters. The maximum absolute atomic E-state index is 14.2. The van der Waals surface area contributed by atoms with Gasteiger partial charge in [-0.05, 0) is 57.2 Å². The molecular weight excluding hydrogens is 690 g/mol. The first kappa shape index (κ1) is 46.6. The summed E-state index contributed by atoms with van der Waals surface area (Å²) in [6.45, 7) is 15.9. The van der Waals surface area contributed by atoms with Gasteiger partial charge in [0.2, 0.25) is 23.6 Å². The van der Waals surface area contributed by atoms with Crippen LogP contribution < -0.4 is 10.6 Å². The Labute approximate surface area is 323 Å². The number of rotatable bonds is 21. The first-order chi connectivity index (χ1) is 25.3. The van der Waals surface area contributed by atoms with Gasteiger partial charge < -0.3 is 35.0 Å². The Hall–Kier alpha value is -3.55. The third-order valence-corrected chi connectivity index (χ3v) is 11.1. The van der Waals surface area contributed by atoms with E-state index in [-0.39, 0.29) is 48.3 Å². The zero-order valence-electron chi connectivity index (χ0n) is 35.0. The predicted molar refractivity (Wildman–Crippen MR) is 210 cm³/mol. The number of carboxylic acids is 1. The van der Waals surface area contributed by atoms with Gasteiger partial charge in [-0.25, -0.2) is 4.79 Å². The molecule has 1 aliphatic rings. The molecule has 1 aliphatic heterocycles. The van der Waals surface area contributed by atoms with Crippen molar-refractivity contribution >= 4 is 29.6 Å². The van der Waals surface area contributed by atoms with Crippen LogP contribution in [0.2, 0.25) is 0 Å². The van der Waals surface area contributed by atoms with Crippen LogP contribution in [0.4, 0.5) is 0 Å². The Balaban J connectivity index is 2.27. The standard InChI is InChI=1S/C41H69N5O8/c1-14-27(7)36(45(11)40(50)34(24(2)3)43-39(49)35(25(4)5)44(9)10)32(53-12)23-33(47)46-21-15-16-31(46)37(54-13)28(8)38(48)42-30(41(51)52)22-29-19-17-26(6)18-20-29/h17-20,24-25,27-28,30-32,34-37H,14-16,21-23H2,1-13H3,(H,42,48)(H,43,49)(H,51,52)/t27?,28-,30+,31+,32?,34+,35+,36+,37-/m1/s1. The first-order valence-electron chi connectivity index (χ1n) is 19.5. The van der Waals surface area contributed by atoms with Gasteiger partial charge in [0.15, 0.2) is 0 Å². The number of methoxy groups -OCH3 is 2. The van der Waals surface area contributed by atoms with E-state index in [4.69, 9.17) is 9.47 Å². The average Bonchev–Trinajstić information content (AvgIpc) is 3.59. The molecular formula is C41H69N5O8. The van der Waals surface area contributed by atoms with E-state index in [0.717, 1.165) is 17.5 Å². The summed E-state index contributed by atoms with van der Waals surface area (Å²) >= 11 is 0. The summed E-state index contributed by atoms with van der Waals surface area (Å²) in [6.07, 6.45) is 0.814. The van der Waals surface area contributed by atoms with Crippen molar-refractivity contribution in [1.29, 1.82) is 0 Å². The van der Waals surface area contributed by atoms with Crippen molar-refractivity contribution in [3.05, 3.63) is 35.4 Å². The summed E-state index contributed by atoms with van der Waals surface area (Å²) in [4.78, 5) is 72.7. The molecule has 1 aromatic rings. The number of hydrogen-bond acceptors (Lipinski definition) is 8. The number of carbonyl (C=O) groups is 5. The monoisotopic (exact) mass is 760 g/mol. The molecule has 1 fully saturated rings. The van der Waals surface area contributed by atoms with E-state index in [2.05, 4.69) is 10.6 Å². The number of aliphatic carboxylic acids is 1. The molecule has 0 bridgehead atoms. The highest BCUT2D eigenvalue weighted by molar-refractivity contribution is 5.90. The molecule has 0 radical (unpaired) electrons. The number of likely N-dealkylation sites (N-methyl/N-ethyl adjacent to an activating group) is 2. The van der Waals surface area contributed by atoms with E-state index in [1.165, 1.54) is 7.11 Å². The fourth-order valence-corrected chi connectivity index (χ4v) is 7.87. The molecule has 1 aromatic carbocycles. The minimum Gasteiger partial charge on any atom is -0.480 e. The number of likely N-dealkylation sites (tertiary alicyclic amines) is 1. The van der Waals surface area contributed by atoms with Gasteiger partial charge in [0.1, 0.15) is 12.1 Å². The third kappa shape index (κ3) is 12.2. The molecule has 13 heteroatoms. The van der Waals surface area contributed by atoms with Gasteiger partial charge in [-0.3, -0.25) is 24.1 Å². The second-order valence-corrected chi connectivity index (χ2v) is 16.1. The lowest BCUT2D eigenvalue weighted by molar-refractivity contribution is -0.148. The first-order valence-corrected chi connectivity index (χ1v) is 19.5. The summed E-state index contributed by atoms with van der Waals surface area (Å²) in [6, 6.07) is 4.28. The van der Waals surface area contributed by atoms with Gasteiger partial charge in [0.25, 0.3) is 0 Å². The number of amides is 4. The molecule has 54 heavy (non-hydrogen) atoms. The van der Waals surface area contributed by atoms with Crippen LogP contribution in [-0.2, 0) is 39.9 Å². The van der Waals surface area contributed by atoms with Crippen molar-refractivity contribution < 1.29 is 38.6 Å². The molecule has 0 aromatic heterocycles. The minimum atomic E-state index is -1.14. The van der Waals surface area contributed by atoms with Crippen LogP contribution >= 0.6 is 0 Å². The second-order valence-electron chi connectivity index (χ2n) is 16.1. The largest absolute Gasteiger partial charge is 0.480 e. The molecule has 306 valence electrons. The van der Waals surface area contributed by atoms with Gasteiger partial charge in [-0.15, -0.1) is 0 Å². The molecule has 1 saturated heterocycles. The van der Waals surface area contributed by atoms with Gasteiger partial charge >= 0.3 is 5.97 Å². The Morgan fingerprint density at radius 2 is 1.52 bits per heavy atom. The molecule has 0 spiro atoms. The number of carboxylic acid groups (broad SMARTS) is 1. The zero-order valence-corrected chi connectivity index (χ0v) is 35.0. The van der Waals surface area contributed by atoms with E-state index in [1.54, 1.807) is 30.9 Å². The van der Waals surface area contributed by atoms with Gasteiger partial charge in [-0.2, -0.15) is 0 Å². The topological polar surface area (TPSA) is 158 Å². The Morgan fingerprint density at radius 3 is 2.00 bits per heavy atom. The van der Waals surface area contributed by atoms with Crippen LogP contribution in [0.5, 0.6) is 0 Å². The molecule has 1 heterocycles. The fraction of sp³-hybridized carbons (Fsp3) is 0.732. The number of aryl methyl sites for hydroxylation is 1. The van der Waals surface area contributed by atoms with Crippen molar-refractivity contribution in [1.82, 2.24) is 25.3 Å². The summed E-state index contributed by atoms with van der Waals surface area (Å²) in [7, 11) is 8.45. The fourth-order valence-electron chi connectivity index (χ4n) is 7.87. The number of nitrogens with one attached hydrogen (secondary N) is 2. The molecule has 4 amide bonds. The predicted octanol–water partition coefficient (Wildman–Crippen LogP) is 3.75.